The fraction of sp³-hybridized carbons (Fsp3) is 0.357. The second kappa shape index (κ2) is 6.21. The van der Waals surface area contributed by atoms with Crippen molar-refractivity contribution in [2.24, 2.45) is 0 Å². The maximum absolute atomic E-state index is 11.6. The summed E-state index contributed by atoms with van der Waals surface area (Å²) >= 11 is 0. The molecular formula is C14H18N2O2. The van der Waals surface area contributed by atoms with Crippen LogP contribution in [-0.4, -0.2) is 32.1 Å². The van der Waals surface area contributed by atoms with E-state index < -0.39 is 0 Å². The monoisotopic (exact) mass is 246 g/mol. The number of methoxy groups -OCH3 is 1. The lowest BCUT2D eigenvalue weighted by Crippen LogP contribution is -2.34. The third-order valence-electron chi connectivity index (χ3n) is 2.95. The minimum atomic E-state index is -0.0421. The van der Waals surface area contributed by atoms with E-state index in [4.69, 9.17) is 4.74 Å². The molecule has 4 heteroatoms. The first-order chi connectivity index (χ1) is 8.78. The van der Waals surface area contributed by atoms with Crippen molar-refractivity contribution in [2.45, 2.75) is 12.5 Å². The molecule has 1 atom stereocenters. The third-order valence-corrected chi connectivity index (χ3v) is 2.95. The number of nitrogens with one attached hydrogen (secondary N) is 2. The normalized spacial score (nSPS) is 19.1. The van der Waals surface area contributed by atoms with Crippen LogP contribution in [0.15, 0.2) is 30.3 Å². The van der Waals surface area contributed by atoms with Crippen LogP contribution in [-0.2, 0) is 4.79 Å². The molecule has 0 saturated carbocycles. The molecule has 0 aromatic heterocycles. The molecule has 0 spiro atoms. The Kier molecular flexibility index (Phi) is 4.36. The molecule has 0 bridgehead atoms. The third kappa shape index (κ3) is 3.60. The Morgan fingerprint density at radius 2 is 2.22 bits per heavy atom. The fourth-order valence-corrected chi connectivity index (χ4v) is 1.91. The van der Waals surface area contributed by atoms with E-state index in [9.17, 15) is 4.79 Å². The highest BCUT2D eigenvalue weighted by atomic mass is 16.5. The highest BCUT2D eigenvalue weighted by Crippen LogP contribution is 2.12. The SMILES string of the molecule is COc1ccc(C=CC(=O)NC2CCNC2)cc1. The van der Waals surface area contributed by atoms with Gasteiger partial charge < -0.3 is 15.4 Å². The number of rotatable bonds is 4. The van der Waals surface area contributed by atoms with Gasteiger partial charge in [-0.3, -0.25) is 4.79 Å². The number of amides is 1. The first-order valence-corrected chi connectivity index (χ1v) is 6.11. The summed E-state index contributed by atoms with van der Waals surface area (Å²) in [5, 5.41) is 6.17. The smallest absolute Gasteiger partial charge is 0.244 e. The second-order valence-electron chi connectivity index (χ2n) is 4.30. The number of carbonyl (C=O) groups excluding carboxylic acids is 1. The van der Waals surface area contributed by atoms with Crippen LogP contribution >= 0.6 is 0 Å². The van der Waals surface area contributed by atoms with Crippen molar-refractivity contribution in [1.29, 1.82) is 0 Å². The van der Waals surface area contributed by atoms with E-state index in [1.165, 1.54) is 0 Å². The summed E-state index contributed by atoms with van der Waals surface area (Å²) < 4.78 is 5.07. The summed E-state index contributed by atoms with van der Waals surface area (Å²) in [5.41, 5.74) is 0.982. The largest absolute Gasteiger partial charge is 0.497 e. The van der Waals surface area contributed by atoms with E-state index in [-0.39, 0.29) is 11.9 Å². The van der Waals surface area contributed by atoms with E-state index in [1.54, 1.807) is 19.3 Å². The van der Waals surface area contributed by atoms with Gasteiger partial charge in [0, 0.05) is 18.7 Å². The Labute approximate surface area is 107 Å². The molecule has 1 aromatic carbocycles. The molecule has 0 radical (unpaired) electrons. The van der Waals surface area contributed by atoms with Crippen LogP contribution in [0.1, 0.15) is 12.0 Å². The Morgan fingerprint density at radius 3 is 2.83 bits per heavy atom. The van der Waals surface area contributed by atoms with E-state index >= 15 is 0 Å². The second-order valence-corrected chi connectivity index (χ2v) is 4.30. The van der Waals surface area contributed by atoms with Crippen LogP contribution in [0, 0.1) is 0 Å². The van der Waals surface area contributed by atoms with Crippen LogP contribution in [0.5, 0.6) is 5.75 Å². The standard InChI is InChI=1S/C14H18N2O2/c1-18-13-5-2-11(3-6-13)4-7-14(17)16-12-8-9-15-10-12/h2-7,12,15H,8-10H2,1H3,(H,16,17). The quantitative estimate of drug-likeness (QED) is 0.785. The Morgan fingerprint density at radius 1 is 1.44 bits per heavy atom. The number of carbonyl (C=O) groups is 1. The summed E-state index contributed by atoms with van der Waals surface area (Å²) in [7, 11) is 1.63. The molecule has 2 N–H and O–H groups in total. The molecule has 1 saturated heterocycles. The van der Waals surface area contributed by atoms with Crippen LogP contribution < -0.4 is 15.4 Å². The summed E-state index contributed by atoms with van der Waals surface area (Å²) in [6, 6.07) is 7.84. The molecule has 96 valence electrons. The topological polar surface area (TPSA) is 50.4 Å². The van der Waals surface area contributed by atoms with Crippen LogP contribution in [0.3, 0.4) is 0 Å². The molecule has 1 aliphatic heterocycles. The average molecular weight is 246 g/mol. The first kappa shape index (κ1) is 12.6. The number of benzene rings is 1. The molecule has 0 aliphatic carbocycles. The lowest BCUT2D eigenvalue weighted by atomic mass is 10.2. The minimum absolute atomic E-state index is 0.0421. The van der Waals surface area contributed by atoms with Gasteiger partial charge in [-0.2, -0.15) is 0 Å². The van der Waals surface area contributed by atoms with E-state index in [2.05, 4.69) is 10.6 Å². The van der Waals surface area contributed by atoms with Crippen molar-refractivity contribution >= 4 is 12.0 Å². The summed E-state index contributed by atoms with van der Waals surface area (Å²) in [4.78, 5) is 11.6. The lowest BCUT2D eigenvalue weighted by molar-refractivity contribution is -0.117. The van der Waals surface area contributed by atoms with Gasteiger partial charge in [0.05, 0.1) is 7.11 Å². The van der Waals surface area contributed by atoms with Gasteiger partial charge in [0.15, 0.2) is 0 Å². The average Bonchev–Trinajstić information content (AvgIpc) is 2.90. The first-order valence-electron chi connectivity index (χ1n) is 6.11. The maximum atomic E-state index is 11.6. The zero-order valence-electron chi connectivity index (χ0n) is 10.5. The molecular weight excluding hydrogens is 228 g/mol. The van der Waals surface area contributed by atoms with Gasteiger partial charge in [0.2, 0.25) is 5.91 Å². The molecule has 1 aliphatic rings. The van der Waals surface area contributed by atoms with Gasteiger partial charge in [-0.15, -0.1) is 0 Å². The van der Waals surface area contributed by atoms with Crippen molar-refractivity contribution in [3.8, 4) is 5.75 Å². The van der Waals surface area contributed by atoms with Gasteiger partial charge in [0.1, 0.15) is 5.75 Å². The zero-order chi connectivity index (χ0) is 12.8. The van der Waals surface area contributed by atoms with Crippen LogP contribution in [0.25, 0.3) is 6.08 Å². The number of hydrogen-bond acceptors (Lipinski definition) is 3. The minimum Gasteiger partial charge on any atom is -0.497 e. The van der Waals surface area contributed by atoms with Crippen molar-refractivity contribution < 1.29 is 9.53 Å². The maximum Gasteiger partial charge on any atom is 0.244 e. The van der Waals surface area contributed by atoms with E-state index in [1.807, 2.05) is 24.3 Å². The van der Waals surface area contributed by atoms with Crippen molar-refractivity contribution in [1.82, 2.24) is 10.6 Å². The predicted octanol–water partition coefficient (Wildman–Crippen LogP) is 1.19. The highest BCUT2D eigenvalue weighted by Gasteiger charge is 2.14. The van der Waals surface area contributed by atoms with E-state index in [0.29, 0.717) is 0 Å². The summed E-state index contributed by atoms with van der Waals surface area (Å²) in [6.45, 7) is 1.84. The van der Waals surface area contributed by atoms with Gasteiger partial charge >= 0.3 is 0 Å². The number of hydrogen-bond donors (Lipinski definition) is 2. The molecule has 1 heterocycles. The lowest BCUT2D eigenvalue weighted by Gasteiger charge is -2.08. The Balaban J connectivity index is 1.86. The van der Waals surface area contributed by atoms with Crippen molar-refractivity contribution in [2.75, 3.05) is 20.2 Å². The number of ether oxygens (including phenoxy) is 1. The molecule has 1 unspecified atom stereocenters. The van der Waals surface area contributed by atoms with Crippen LogP contribution in [0.4, 0.5) is 0 Å². The van der Waals surface area contributed by atoms with Gasteiger partial charge in [-0.1, -0.05) is 12.1 Å². The van der Waals surface area contributed by atoms with Gasteiger partial charge in [-0.25, -0.2) is 0 Å². The van der Waals surface area contributed by atoms with Gasteiger partial charge in [-0.05, 0) is 36.7 Å². The molecule has 1 amide bonds. The summed E-state index contributed by atoms with van der Waals surface area (Å²) in [6.07, 6.45) is 4.37. The predicted molar refractivity (Wildman–Crippen MR) is 71.4 cm³/mol. The molecule has 2 rings (SSSR count). The molecule has 18 heavy (non-hydrogen) atoms. The fourth-order valence-electron chi connectivity index (χ4n) is 1.91. The molecule has 1 fully saturated rings. The zero-order valence-corrected chi connectivity index (χ0v) is 10.5. The summed E-state index contributed by atoms with van der Waals surface area (Å²) in [5.74, 6) is 0.771. The van der Waals surface area contributed by atoms with Crippen LogP contribution in [0.2, 0.25) is 0 Å². The highest BCUT2D eigenvalue weighted by molar-refractivity contribution is 5.91. The van der Waals surface area contributed by atoms with E-state index in [0.717, 1.165) is 30.8 Å². The van der Waals surface area contributed by atoms with Gasteiger partial charge in [0.25, 0.3) is 0 Å². The van der Waals surface area contributed by atoms with Crippen molar-refractivity contribution in [3.05, 3.63) is 35.9 Å². The van der Waals surface area contributed by atoms with Crippen molar-refractivity contribution in [3.63, 3.8) is 0 Å². The molecule has 1 aromatic rings. The Bertz CT molecular complexity index is 420. The molecule has 4 nitrogen and oxygen atoms in total. The Hall–Kier alpha value is -1.81.